The Hall–Kier alpha value is 0.0300. The van der Waals surface area contributed by atoms with Gasteiger partial charge in [-0.2, -0.15) is 3.33 Å². The van der Waals surface area contributed by atoms with Gasteiger partial charge in [-0.15, -0.1) is 0 Å². The van der Waals surface area contributed by atoms with E-state index in [0.717, 1.165) is 29.8 Å². The van der Waals surface area contributed by atoms with Gasteiger partial charge < -0.3 is 4.74 Å². The Morgan fingerprint density at radius 1 is 1.38 bits per heavy atom. The standard InChI is InChI=1S/C11H9Br2NOS/c12-7-1-2-8-9-6-14(13)16-11(9)3-4-15-10(8)5-7/h1-2,5H,3-4,6H2. The van der Waals surface area contributed by atoms with Crippen molar-refractivity contribution in [2.24, 2.45) is 0 Å². The van der Waals surface area contributed by atoms with Gasteiger partial charge in [0.05, 0.1) is 6.61 Å². The predicted molar refractivity (Wildman–Crippen MR) is 74.4 cm³/mol. The molecule has 0 amide bonds. The summed E-state index contributed by atoms with van der Waals surface area (Å²) >= 11 is 8.77. The van der Waals surface area contributed by atoms with Gasteiger partial charge in [-0.3, -0.25) is 0 Å². The lowest BCUT2D eigenvalue weighted by atomic mass is 10.0. The molecular formula is C11H9Br2NOS. The molecule has 0 fully saturated rings. The third-order valence-corrected chi connectivity index (χ3v) is 4.86. The number of nitrogens with zero attached hydrogens (tertiary/aromatic N) is 1. The molecule has 0 saturated heterocycles. The van der Waals surface area contributed by atoms with E-state index in [4.69, 9.17) is 4.74 Å². The molecule has 0 bridgehead atoms. The number of benzene rings is 1. The highest BCUT2D eigenvalue weighted by atomic mass is 79.9. The molecule has 16 heavy (non-hydrogen) atoms. The highest BCUT2D eigenvalue weighted by Crippen LogP contribution is 2.46. The van der Waals surface area contributed by atoms with E-state index in [9.17, 15) is 0 Å². The van der Waals surface area contributed by atoms with Gasteiger partial charge in [0.15, 0.2) is 0 Å². The van der Waals surface area contributed by atoms with Crippen molar-refractivity contribution >= 4 is 49.6 Å². The van der Waals surface area contributed by atoms with E-state index in [1.165, 1.54) is 16.0 Å². The van der Waals surface area contributed by atoms with E-state index >= 15 is 0 Å². The molecule has 2 aliphatic rings. The smallest absolute Gasteiger partial charge is 0.128 e. The summed E-state index contributed by atoms with van der Waals surface area (Å²) in [6.45, 7) is 1.69. The van der Waals surface area contributed by atoms with Gasteiger partial charge in [0.2, 0.25) is 0 Å². The van der Waals surface area contributed by atoms with Crippen LogP contribution in [0.5, 0.6) is 5.75 Å². The fraction of sp³-hybridized carbons (Fsp3) is 0.273. The molecule has 0 N–H and O–H groups in total. The zero-order valence-electron chi connectivity index (χ0n) is 8.37. The number of fused-ring (bicyclic) bond motifs is 2. The van der Waals surface area contributed by atoms with Crippen LogP contribution in [0, 0.1) is 0 Å². The summed E-state index contributed by atoms with van der Waals surface area (Å²) in [4.78, 5) is 1.41. The van der Waals surface area contributed by atoms with Crippen molar-refractivity contribution in [3.8, 4) is 5.75 Å². The molecule has 1 aromatic carbocycles. The van der Waals surface area contributed by atoms with Crippen LogP contribution in [0.25, 0.3) is 5.57 Å². The first-order valence-corrected chi connectivity index (χ1v) is 7.27. The average molecular weight is 363 g/mol. The third-order valence-electron chi connectivity index (χ3n) is 2.68. The second-order valence-corrected chi connectivity index (χ2v) is 7.07. The lowest BCUT2D eigenvalue weighted by molar-refractivity contribution is 0.325. The zero-order valence-corrected chi connectivity index (χ0v) is 12.4. The molecule has 2 aliphatic heterocycles. The van der Waals surface area contributed by atoms with E-state index in [2.05, 4.69) is 47.5 Å². The van der Waals surface area contributed by atoms with Gasteiger partial charge in [-0.05, 0) is 35.7 Å². The van der Waals surface area contributed by atoms with Crippen molar-refractivity contribution in [3.05, 3.63) is 33.1 Å². The molecule has 0 aromatic heterocycles. The van der Waals surface area contributed by atoms with E-state index in [1.54, 1.807) is 11.9 Å². The van der Waals surface area contributed by atoms with Crippen LogP contribution in [0.1, 0.15) is 12.0 Å². The van der Waals surface area contributed by atoms with E-state index in [-0.39, 0.29) is 0 Å². The van der Waals surface area contributed by atoms with Gasteiger partial charge in [0, 0.05) is 44.1 Å². The Balaban J connectivity index is 2.11. The molecular weight excluding hydrogens is 354 g/mol. The highest BCUT2D eigenvalue weighted by Gasteiger charge is 2.26. The number of ether oxygens (including phenoxy) is 1. The maximum Gasteiger partial charge on any atom is 0.128 e. The number of halogens is 2. The van der Waals surface area contributed by atoms with Crippen LogP contribution in [-0.2, 0) is 0 Å². The van der Waals surface area contributed by atoms with Crippen LogP contribution in [0.15, 0.2) is 27.6 Å². The van der Waals surface area contributed by atoms with Crippen LogP contribution in [-0.4, -0.2) is 16.5 Å². The van der Waals surface area contributed by atoms with Gasteiger partial charge in [-0.1, -0.05) is 15.9 Å². The molecule has 5 heteroatoms. The molecule has 0 aliphatic carbocycles. The Bertz CT molecular complexity index is 475. The maximum atomic E-state index is 5.78. The Morgan fingerprint density at radius 2 is 2.25 bits per heavy atom. The van der Waals surface area contributed by atoms with Crippen molar-refractivity contribution in [1.82, 2.24) is 3.33 Å². The average Bonchev–Trinajstić information content (AvgIpc) is 2.52. The van der Waals surface area contributed by atoms with Gasteiger partial charge in [0.25, 0.3) is 0 Å². The molecule has 0 unspecified atom stereocenters. The zero-order chi connectivity index (χ0) is 11.1. The van der Waals surface area contributed by atoms with Crippen molar-refractivity contribution in [2.75, 3.05) is 13.2 Å². The topological polar surface area (TPSA) is 12.5 Å². The van der Waals surface area contributed by atoms with Crippen LogP contribution < -0.4 is 4.74 Å². The minimum Gasteiger partial charge on any atom is -0.493 e. The Kier molecular flexibility index (Phi) is 3.04. The number of hydrogen-bond donors (Lipinski definition) is 0. The minimum absolute atomic E-state index is 0.760. The number of rotatable bonds is 0. The first-order chi connectivity index (χ1) is 7.74. The molecule has 0 atom stereocenters. The first-order valence-electron chi connectivity index (χ1n) is 5.00. The summed E-state index contributed by atoms with van der Waals surface area (Å²) in [5.74, 6) is 0.989. The molecule has 3 rings (SSSR count). The summed E-state index contributed by atoms with van der Waals surface area (Å²) in [5, 5.41) is 0. The van der Waals surface area contributed by atoms with Crippen LogP contribution in [0.4, 0.5) is 0 Å². The van der Waals surface area contributed by atoms with Crippen LogP contribution in [0.2, 0.25) is 0 Å². The highest BCUT2D eigenvalue weighted by molar-refractivity contribution is 9.10. The monoisotopic (exact) mass is 361 g/mol. The first kappa shape index (κ1) is 11.1. The molecule has 1 aromatic rings. The van der Waals surface area contributed by atoms with Gasteiger partial charge >= 0.3 is 0 Å². The molecule has 0 saturated carbocycles. The van der Waals surface area contributed by atoms with Crippen LogP contribution >= 0.6 is 44.0 Å². The molecule has 0 spiro atoms. The van der Waals surface area contributed by atoms with E-state index < -0.39 is 0 Å². The summed E-state index contributed by atoms with van der Waals surface area (Å²) in [6.07, 6.45) is 0.994. The number of hydrogen-bond acceptors (Lipinski definition) is 3. The summed E-state index contributed by atoms with van der Waals surface area (Å²) in [6, 6.07) is 6.25. The van der Waals surface area contributed by atoms with Crippen molar-refractivity contribution in [2.45, 2.75) is 6.42 Å². The lowest BCUT2D eigenvalue weighted by Crippen LogP contribution is -2.01. The fourth-order valence-corrected chi connectivity index (χ4v) is 3.98. The third kappa shape index (κ3) is 1.94. The van der Waals surface area contributed by atoms with Crippen LogP contribution in [0.3, 0.4) is 0 Å². The minimum atomic E-state index is 0.760. The summed E-state index contributed by atoms with van der Waals surface area (Å²) in [5.41, 5.74) is 2.62. The second kappa shape index (κ2) is 4.37. The second-order valence-electron chi connectivity index (χ2n) is 3.71. The van der Waals surface area contributed by atoms with E-state index in [1.807, 2.05) is 6.07 Å². The molecule has 84 valence electrons. The fourth-order valence-electron chi connectivity index (χ4n) is 1.97. The van der Waals surface area contributed by atoms with Gasteiger partial charge in [0.1, 0.15) is 5.75 Å². The molecule has 2 heterocycles. The molecule has 2 nitrogen and oxygen atoms in total. The van der Waals surface area contributed by atoms with Crippen molar-refractivity contribution in [1.29, 1.82) is 0 Å². The summed E-state index contributed by atoms with van der Waals surface area (Å²) < 4.78 is 8.94. The lowest BCUT2D eigenvalue weighted by Gasteiger charge is -2.11. The molecule has 0 radical (unpaired) electrons. The van der Waals surface area contributed by atoms with Gasteiger partial charge in [-0.25, -0.2) is 0 Å². The normalized spacial score (nSPS) is 20.1. The SMILES string of the molecule is Brc1ccc2c(c1)OCCC1=C2CN(Br)S1. The van der Waals surface area contributed by atoms with E-state index in [0.29, 0.717) is 0 Å². The summed E-state index contributed by atoms with van der Waals surface area (Å²) in [7, 11) is 0. The Morgan fingerprint density at radius 3 is 3.12 bits per heavy atom. The predicted octanol–water partition coefficient (Wildman–Crippen LogP) is 4.22. The quantitative estimate of drug-likeness (QED) is 0.506. The van der Waals surface area contributed by atoms with Crippen molar-refractivity contribution in [3.63, 3.8) is 0 Å². The maximum absolute atomic E-state index is 5.78. The largest absolute Gasteiger partial charge is 0.493 e. The van der Waals surface area contributed by atoms with Crippen molar-refractivity contribution < 1.29 is 4.74 Å². The Labute approximate surface area is 116 Å².